The second-order valence-corrected chi connectivity index (χ2v) is 6.35. The number of rotatable bonds is 7. The predicted molar refractivity (Wildman–Crippen MR) is 70.5 cm³/mol. The molecule has 1 aromatic heterocycles. The van der Waals surface area contributed by atoms with Gasteiger partial charge in [0.2, 0.25) is 10.0 Å². The Morgan fingerprint density at radius 1 is 1.44 bits per heavy atom. The molecule has 1 rings (SSSR count). The van der Waals surface area contributed by atoms with E-state index in [1.165, 1.54) is 17.1 Å². The van der Waals surface area contributed by atoms with Crippen LogP contribution in [0.4, 0.5) is 0 Å². The standard InChI is InChI=1S/C11H22N4O2S/c1-4-11(5-2,8-12)9-14-18(16,17)10-6-13-15(3)7-10/h6-7,14H,4-5,8-9,12H2,1-3H3. The topological polar surface area (TPSA) is 90.0 Å². The van der Waals surface area contributed by atoms with Crippen LogP contribution >= 0.6 is 0 Å². The van der Waals surface area contributed by atoms with Crippen LogP contribution in [0.3, 0.4) is 0 Å². The largest absolute Gasteiger partial charge is 0.330 e. The highest BCUT2D eigenvalue weighted by atomic mass is 32.2. The molecule has 3 N–H and O–H groups in total. The molecule has 0 aliphatic carbocycles. The summed E-state index contributed by atoms with van der Waals surface area (Å²) in [4.78, 5) is 0.183. The molecule has 6 nitrogen and oxygen atoms in total. The summed E-state index contributed by atoms with van der Waals surface area (Å²) in [5, 5.41) is 3.86. The molecule has 18 heavy (non-hydrogen) atoms. The van der Waals surface area contributed by atoms with Crippen molar-refractivity contribution in [3.63, 3.8) is 0 Å². The monoisotopic (exact) mass is 274 g/mol. The number of hydrogen-bond donors (Lipinski definition) is 2. The van der Waals surface area contributed by atoms with E-state index in [9.17, 15) is 8.42 Å². The van der Waals surface area contributed by atoms with Gasteiger partial charge in [0.05, 0.1) is 6.20 Å². The van der Waals surface area contributed by atoms with Crippen molar-refractivity contribution in [2.45, 2.75) is 31.6 Å². The van der Waals surface area contributed by atoms with Crippen molar-refractivity contribution in [3.05, 3.63) is 12.4 Å². The van der Waals surface area contributed by atoms with Gasteiger partial charge in [-0.1, -0.05) is 13.8 Å². The van der Waals surface area contributed by atoms with E-state index in [1.54, 1.807) is 7.05 Å². The maximum absolute atomic E-state index is 12.0. The van der Waals surface area contributed by atoms with E-state index < -0.39 is 10.0 Å². The van der Waals surface area contributed by atoms with Gasteiger partial charge in [-0.2, -0.15) is 5.10 Å². The molecule has 0 saturated heterocycles. The summed E-state index contributed by atoms with van der Waals surface area (Å²) in [6.45, 7) is 4.87. The van der Waals surface area contributed by atoms with Crippen molar-refractivity contribution in [2.24, 2.45) is 18.2 Å². The summed E-state index contributed by atoms with van der Waals surface area (Å²) in [6.07, 6.45) is 4.50. The van der Waals surface area contributed by atoms with Gasteiger partial charge >= 0.3 is 0 Å². The van der Waals surface area contributed by atoms with E-state index in [0.717, 1.165) is 12.8 Å². The Labute approximate surface area is 109 Å². The first-order chi connectivity index (χ1) is 8.39. The smallest absolute Gasteiger partial charge is 0.243 e. The lowest BCUT2D eigenvalue weighted by Gasteiger charge is -2.30. The Bertz CT molecular complexity index is 469. The molecule has 1 heterocycles. The third-order valence-electron chi connectivity index (χ3n) is 3.56. The lowest BCUT2D eigenvalue weighted by Crippen LogP contribution is -2.41. The number of aryl methyl sites for hydroxylation is 1. The van der Waals surface area contributed by atoms with Gasteiger partial charge < -0.3 is 5.73 Å². The molecule has 0 saturated carbocycles. The van der Waals surface area contributed by atoms with Gasteiger partial charge in [0.25, 0.3) is 0 Å². The van der Waals surface area contributed by atoms with Crippen molar-refractivity contribution >= 4 is 10.0 Å². The molecule has 0 radical (unpaired) electrons. The SMILES string of the molecule is CCC(CC)(CN)CNS(=O)(=O)c1cnn(C)c1. The zero-order valence-electron chi connectivity index (χ0n) is 11.2. The average molecular weight is 274 g/mol. The van der Waals surface area contributed by atoms with Crippen LogP contribution in [-0.2, 0) is 17.1 Å². The van der Waals surface area contributed by atoms with Crippen LogP contribution in [0.5, 0.6) is 0 Å². The van der Waals surface area contributed by atoms with Gasteiger partial charge in [0, 0.05) is 19.8 Å². The fourth-order valence-corrected chi connectivity index (χ4v) is 2.87. The van der Waals surface area contributed by atoms with Crippen LogP contribution in [0.1, 0.15) is 26.7 Å². The highest BCUT2D eigenvalue weighted by molar-refractivity contribution is 7.89. The Hall–Kier alpha value is -0.920. The number of aromatic nitrogens is 2. The van der Waals surface area contributed by atoms with Gasteiger partial charge in [-0.05, 0) is 24.8 Å². The van der Waals surface area contributed by atoms with E-state index in [2.05, 4.69) is 9.82 Å². The maximum atomic E-state index is 12.0. The van der Waals surface area contributed by atoms with Crippen molar-refractivity contribution in [2.75, 3.05) is 13.1 Å². The molecule has 0 spiro atoms. The third-order valence-corrected chi connectivity index (χ3v) is 4.92. The Balaban J connectivity index is 2.79. The number of hydrogen-bond acceptors (Lipinski definition) is 4. The van der Waals surface area contributed by atoms with Gasteiger partial charge in [-0.25, -0.2) is 13.1 Å². The molecule has 7 heteroatoms. The maximum Gasteiger partial charge on any atom is 0.243 e. The number of nitrogens with one attached hydrogen (secondary N) is 1. The molecule has 104 valence electrons. The molecule has 0 unspecified atom stereocenters. The number of nitrogens with zero attached hydrogens (tertiary/aromatic N) is 2. The highest BCUT2D eigenvalue weighted by Gasteiger charge is 2.27. The first kappa shape index (κ1) is 15.1. The Kier molecular flexibility index (Phi) is 4.89. The third kappa shape index (κ3) is 3.30. The summed E-state index contributed by atoms with van der Waals surface area (Å²) in [5.74, 6) is 0. The molecular formula is C11H22N4O2S. The van der Waals surface area contributed by atoms with Crippen LogP contribution in [0.2, 0.25) is 0 Å². The first-order valence-electron chi connectivity index (χ1n) is 6.07. The second-order valence-electron chi connectivity index (χ2n) is 4.59. The summed E-state index contributed by atoms with van der Waals surface area (Å²) in [5.41, 5.74) is 5.58. The summed E-state index contributed by atoms with van der Waals surface area (Å²) in [6, 6.07) is 0. The predicted octanol–water partition coefficient (Wildman–Crippen LogP) is 0.464. The molecular weight excluding hydrogens is 252 g/mol. The second kappa shape index (κ2) is 5.81. The molecule has 1 aromatic rings. The summed E-state index contributed by atoms with van der Waals surface area (Å²) in [7, 11) is -1.81. The molecule has 0 aliphatic heterocycles. The van der Waals surface area contributed by atoms with E-state index in [1.807, 2.05) is 13.8 Å². The lowest BCUT2D eigenvalue weighted by atomic mass is 9.83. The molecule has 0 amide bonds. The van der Waals surface area contributed by atoms with Crippen LogP contribution < -0.4 is 10.5 Å². The normalized spacial score (nSPS) is 12.9. The molecule has 0 fully saturated rings. The number of nitrogens with two attached hydrogens (primary N) is 1. The van der Waals surface area contributed by atoms with Gasteiger partial charge in [-0.3, -0.25) is 4.68 Å². The minimum atomic E-state index is -3.49. The molecule has 0 aliphatic rings. The average Bonchev–Trinajstić information content (AvgIpc) is 2.79. The Morgan fingerprint density at radius 2 is 2.06 bits per heavy atom. The summed E-state index contributed by atoms with van der Waals surface area (Å²) < 4.78 is 28.2. The van der Waals surface area contributed by atoms with Crippen LogP contribution in [0, 0.1) is 5.41 Å². The van der Waals surface area contributed by atoms with Gasteiger partial charge in [-0.15, -0.1) is 0 Å². The van der Waals surface area contributed by atoms with Gasteiger partial charge in [0.15, 0.2) is 0 Å². The van der Waals surface area contributed by atoms with Gasteiger partial charge in [0.1, 0.15) is 4.90 Å². The zero-order valence-corrected chi connectivity index (χ0v) is 12.0. The number of sulfonamides is 1. The van der Waals surface area contributed by atoms with Crippen molar-refractivity contribution in [1.82, 2.24) is 14.5 Å². The van der Waals surface area contributed by atoms with E-state index >= 15 is 0 Å². The van der Waals surface area contributed by atoms with Crippen LogP contribution in [-0.4, -0.2) is 31.3 Å². The molecule has 0 atom stereocenters. The summed E-state index contributed by atoms with van der Waals surface area (Å²) >= 11 is 0. The molecule has 0 aromatic carbocycles. The fourth-order valence-electron chi connectivity index (χ4n) is 1.73. The van der Waals surface area contributed by atoms with Crippen LogP contribution in [0.25, 0.3) is 0 Å². The molecule has 0 bridgehead atoms. The van der Waals surface area contributed by atoms with E-state index in [-0.39, 0.29) is 10.3 Å². The fraction of sp³-hybridized carbons (Fsp3) is 0.727. The quantitative estimate of drug-likeness (QED) is 0.756. The lowest BCUT2D eigenvalue weighted by molar-refractivity contribution is 0.275. The zero-order chi connectivity index (χ0) is 13.8. The minimum Gasteiger partial charge on any atom is -0.330 e. The van der Waals surface area contributed by atoms with Crippen molar-refractivity contribution < 1.29 is 8.42 Å². The van der Waals surface area contributed by atoms with Crippen molar-refractivity contribution in [1.29, 1.82) is 0 Å². The highest BCUT2D eigenvalue weighted by Crippen LogP contribution is 2.24. The minimum absolute atomic E-state index is 0.171. The first-order valence-corrected chi connectivity index (χ1v) is 7.56. The Morgan fingerprint density at radius 3 is 2.44 bits per heavy atom. The van der Waals surface area contributed by atoms with E-state index in [0.29, 0.717) is 13.1 Å². The van der Waals surface area contributed by atoms with Crippen molar-refractivity contribution in [3.8, 4) is 0 Å². The van der Waals surface area contributed by atoms with E-state index in [4.69, 9.17) is 5.73 Å². The van der Waals surface area contributed by atoms with Crippen LogP contribution in [0.15, 0.2) is 17.3 Å².